The van der Waals surface area contributed by atoms with Gasteiger partial charge in [-0.05, 0) is 51.7 Å². The van der Waals surface area contributed by atoms with Gasteiger partial charge < -0.3 is 9.47 Å². The monoisotopic (exact) mass is 335 g/mol. The molecule has 0 spiro atoms. The summed E-state index contributed by atoms with van der Waals surface area (Å²) in [6, 6.07) is 18.0. The summed E-state index contributed by atoms with van der Waals surface area (Å²) in [7, 11) is 8.50. The molecule has 3 nitrogen and oxygen atoms in total. The van der Waals surface area contributed by atoms with Gasteiger partial charge in [-0.25, -0.2) is 0 Å². The van der Waals surface area contributed by atoms with Gasteiger partial charge in [0.25, 0.3) is 0 Å². The third kappa shape index (κ3) is 3.05. The summed E-state index contributed by atoms with van der Waals surface area (Å²) in [5, 5.41) is 1.36. The molecule has 0 aliphatic heterocycles. The first-order valence-electron chi connectivity index (χ1n) is 8.97. The van der Waals surface area contributed by atoms with Crippen molar-refractivity contribution in [3.05, 3.63) is 65.4 Å². The summed E-state index contributed by atoms with van der Waals surface area (Å²) >= 11 is 0. The highest BCUT2D eigenvalue weighted by Crippen LogP contribution is 2.37. The molecule has 25 heavy (non-hydrogen) atoms. The van der Waals surface area contributed by atoms with Crippen molar-refractivity contribution < 1.29 is 0 Å². The molecule has 1 aromatic heterocycles. The van der Waals surface area contributed by atoms with Crippen LogP contribution in [-0.2, 0) is 6.54 Å². The number of hydrogen-bond acceptors (Lipinski definition) is 2. The number of aromatic nitrogens is 1. The van der Waals surface area contributed by atoms with Crippen LogP contribution in [0, 0.1) is 6.92 Å². The molecule has 132 valence electrons. The molecule has 0 aliphatic carbocycles. The Kier molecular flexibility index (Phi) is 4.87. The van der Waals surface area contributed by atoms with E-state index in [0.29, 0.717) is 0 Å². The molecular weight excluding hydrogens is 306 g/mol. The van der Waals surface area contributed by atoms with Gasteiger partial charge in [0.2, 0.25) is 0 Å². The van der Waals surface area contributed by atoms with Crippen LogP contribution in [0.25, 0.3) is 10.9 Å². The zero-order valence-corrected chi connectivity index (χ0v) is 16.2. The van der Waals surface area contributed by atoms with E-state index < -0.39 is 0 Å². The summed E-state index contributed by atoms with van der Waals surface area (Å²) in [6.07, 6.45) is 0. The predicted molar refractivity (Wildman–Crippen MR) is 109 cm³/mol. The Morgan fingerprint density at radius 3 is 2.12 bits per heavy atom. The van der Waals surface area contributed by atoms with Crippen LogP contribution in [-0.4, -0.2) is 37.7 Å². The molecule has 0 saturated carbocycles. The zero-order chi connectivity index (χ0) is 18.1. The summed E-state index contributed by atoms with van der Waals surface area (Å²) in [5.74, 6) is 0. The molecule has 3 heteroatoms. The van der Waals surface area contributed by atoms with Crippen LogP contribution in [0.15, 0.2) is 48.5 Å². The van der Waals surface area contributed by atoms with Crippen molar-refractivity contribution in [2.24, 2.45) is 0 Å². The zero-order valence-electron chi connectivity index (χ0n) is 16.2. The average molecular weight is 335 g/mol. The molecule has 1 heterocycles. The number of aryl methyl sites for hydroxylation is 1. The molecule has 0 amide bonds. The van der Waals surface area contributed by atoms with Gasteiger partial charge in [0.15, 0.2) is 0 Å². The lowest BCUT2D eigenvalue weighted by Crippen LogP contribution is -2.22. The van der Waals surface area contributed by atoms with Crippen LogP contribution in [0.4, 0.5) is 5.69 Å². The SMILES string of the molecule is CCn1c(C)c(C(c2ccc(N(C)C)cc2)N(C)C)c2ccccc21. The molecule has 1 atom stereocenters. The second kappa shape index (κ2) is 6.93. The highest BCUT2D eigenvalue weighted by molar-refractivity contribution is 5.86. The fraction of sp³-hybridized carbons (Fsp3) is 0.364. The topological polar surface area (TPSA) is 11.4 Å². The number of benzene rings is 2. The van der Waals surface area contributed by atoms with Crippen molar-refractivity contribution in [1.82, 2.24) is 9.47 Å². The number of para-hydroxylation sites is 1. The number of nitrogens with zero attached hydrogens (tertiary/aromatic N) is 3. The van der Waals surface area contributed by atoms with E-state index in [1.165, 1.54) is 33.4 Å². The standard InChI is InChI=1S/C22H29N3/c1-7-25-16(2)21(19-10-8-9-11-20(19)25)22(24(5)6)17-12-14-18(15-13-17)23(3)4/h8-15,22H,7H2,1-6H3. The lowest BCUT2D eigenvalue weighted by molar-refractivity contribution is 0.342. The minimum absolute atomic E-state index is 0.244. The van der Waals surface area contributed by atoms with Crippen LogP contribution >= 0.6 is 0 Å². The Balaban J connectivity index is 2.20. The van der Waals surface area contributed by atoms with Gasteiger partial charge in [-0.3, -0.25) is 4.90 Å². The van der Waals surface area contributed by atoms with Gasteiger partial charge in [0.1, 0.15) is 0 Å². The second-order valence-corrected chi connectivity index (χ2v) is 7.11. The minimum Gasteiger partial charge on any atom is -0.378 e. The molecule has 2 aromatic carbocycles. The van der Waals surface area contributed by atoms with E-state index in [1.54, 1.807) is 0 Å². The maximum Gasteiger partial charge on any atom is 0.0620 e. The lowest BCUT2D eigenvalue weighted by Gasteiger charge is -2.26. The summed E-state index contributed by atoms with van der Waals surface area (Å²) in [5.41, 5.74) is 6.67. The molecule has 0 fully saturated rings. The van der Waals surface area contributed by atoms with E-state index >= 15 is 0 Å². The van der Waals surface area contributed by atoms with E-state index in [-0.39, 0.29) is 6.04 Å². The highest BCUT2D eigenvalue weighted by atomic mass is 15.1. The van der Waals surface area contributed by atoms with Crippen LogP contribution in [0.3, 0.4) is 0 Å². The van der Waals surface area contributed by atoms with E-state index in [1.807, 2.05) is 0 Å². The third-order valence-corrected chi connectivity index (χ3v) is 5.11. The number of anilines is 1. The average Bonchev–Trinajstić information content (AvgIpc) is 2.87. The van der Waals surface area contributed by atoms with Crippen molar-refractivity contribution >= 4 is 16.6 Å². The van der Waals surface area contributed by atoms with Crippen molar-refractivity contribution in [2.45, 2.75) is 26.4 Å². The highest BCUT2D eigenvalue weighted by Gasteiger charge is 2.24. The molecule has 0 aliphatic rings. The van der Waals surface area contributed by atoms with Gasteiger partial charge in [-0.15, -0.1) is 0 Å². The smallest absolute Gasteiger partial charge is 0.0620 e. The molecular formula is C22H29N3. The van der Waals surface area contributed by atoms with Crippen molar-refractivity contribution in [3.8, 4) is 0 Å². The molecule has 0 saturated heterocycles. The predicted octanol–water partition coefficient (Wildman–Crippen LogP) is 4.69. The minimum atomic E-state index is 0.244. The van der Waals surface area contributed by atoms with E-state index in [4.69, 9.17) is 0 Å². The normalized spacial score (nSPS) is 12.8. The van der Waals surface area contributed by atoms with Crippen molar-refractivity contribution in [1.29, 1.82) is 0 Å². The molecule has 3 aromatic rings. The largest absolute Gasteiger partial charge is 0.378 e. The summed E-state index contributed by atoms with van der Waals surface area (Å²) in [6.45, 7) is 5.47. The van der Waals surface area contributed by atoms with E-state index in [9.17, 15) is 0 Å². The number of rotatable bonds is 5. The van der Waals surface area contributed by atoms with Gasteiger partial charge in [0.05, 0.1) is 6.04 Å². The van der Waals surface area contributed by atoms with E-state index in [0.717, 1.165) is 6.54 Å². The Morgan fingerprint density at radius 1 is 0.920 bits per heavy atom. The third-order valence-electron chi connectivity index (χ3n) is 5.11. The van der Waals surface area contributed by atoms with Gasteiger partial charge in [-0.2, -0.15) is 0 Å². The Hall–Kier alpha value is -2.26. The second-order valence-electron chi connectivity index (χ2n) is 7.11. The maximum absolute atomic E-state index is 2.43. The molecule has 1 unspecified atom stereocenters. The Labute approximate surface area is 151 Å². The van der Waals surface area contributed by atoms with Crippen LogP contribution in [0.1, 0.15) is 29.8 Å². The van der Waals surface area contributed by atoms with Gasteiger partial charge in [0, 0.05) is 48.5 Å². The summed E-state index contributed by atoms with van der Waals surface area (Å²) in [4.78, 5) is 4.46. The Bertz CT molecular complexity index is 857. The maximum atomic E-state index is 2.43. The number of hydrogen-bond donors (Lipinski definition) is 0. The number of fused-ring (bicyclic) bond motifs is 1. The van der Waals surface area contributed by atoms with Gasteiger partial charge in [-0.1, -0.05) is 30.3 Å². The van der Waals surface area contributed by atoms with Crippen LogP contribution in [0.2, 0.25) is 0 Å². The fourth-order valence-electron chi connectivity index (χ4n) is 3.89. The van der Waals surface area contributed by atoms with E-state index in [2.05, 4.69) is 105 Å². The van der Waals surface area contributed by atoms with Crippen LogP contribution < -0.4 is 4.90 Å². The summed E-state index contributed by atoms with van der Waals surface area (Å²) < 4.78 is 2.43. The van der Waals surface area contributed by atoms with Crippen LogP contribution in [0.5, 0.6) is 0 Å². The molecule has 3 rings (SSSR count). The Morgan fingerprint density at radius 2 is 1.56 bits per heavy atom. The fourth-order valence-corrected chi connectivity index (χ4v) is 3.89. The molecule has 0 N–H and O–H groups in total. The first-order chi connectivity index (χ1) is 12.0. The molecule has 0 radical (unpaired) electrons. The lowest BCUT2D eigenvalue weighted by atomic mass is 9.95. The van der Waals surface area contributed by atoms with Crippen molar-refractivity contribution in [2.75, 3.05) is 33.1 Å². The molecule has 0 bridgehead atoms. The van der Waals surface area contributed by atoms with Crippen molar-refractivity contribution in [3.63, 3.8) is 0 Å². The first-order valence-corrected chi connectivity index (χ1v) is 8.97. The quantitative estimate of drug-likeness (QED) is 0.670. The van der Waals surface area contributed by atoms with Gasteiger partial charge >= 0.3 is 0 Å². The first kappa shape index (κ1) is 17.6.